The molecule has 6 nitrogen and oxygen atoms in total. The third-order valence-corrected chi connectivity index (χ3v) is 3.48. The number of carbonyl (C=O) groups excluding carboxylic acids is 2. The molecule has 0 spiro atoms. The summed E-state index contributed by atoms with van der Waals surface area (Å²) in [4.78, 5) is 29.1. The van der Waals surface area contributed by atoms with Crippen LogP contribution in [-0.2, 0) is 26.1 Å². The molecule has 22 heavy (non-hydrogen) atoms. The highest BCUT2D eigenvalue weighted by Crippen LogP contribution is 2.41. The van der Waals surface area contributed by atoms with Gasteiger partial charge in [0.1, 0.15) is 5.82 Å². The number of hydrogen-bond donors (Lipinski definition) is 0. The molecule has 1 unspecified atom stereocenters. The maximum Gasteiger partial charge on any atom is 0.321 e. The fraction of sp³-hybridized carbons (Fsp3) is 0.688. The molecular weight excluding hydrogens is 284 g/mol. The Morgan fingerprint density at radius 2 is 1.68 bits per heavy atom. The van der Waals surface area contributed by atoms with Crippen LogP contribution in [0.3, 0.4) is 0 Å². The van der Waals surface area contributed by atoms with Crippen molar-refractivity contribution in [2.45, 2.75) is 40.5 Å². The minimum atomic E-state index is -1.03. The van der Waals surface area contributed by atoms with Crippen molar-refractivity contribution >= 4 is 11.9 Å². The minimum absolute atomic E-state index is 0.214. The van der Waals surface area contributed by atoms with Gasteiger partial charge in [-0.2, -0.15) is 0 Å². The zero-order valence-electron chi connectivity index (χ0n) is 14.3. The highest BCUT2D eigenvalue weighted by atomic mass is 16.6. The van der Waals surface area contributed by atoms with Crippen LogP contribution in [0.2, 0.25) is 0 Å². The van der Waals surface area contributed by atoms with Gasteiger partial charge in [-0.25, -0.2) is 4.98 Å². The summed E-state index contributed by atoms with van der Waals surface area (Å²) in [6.07, 6.45) is 3.45. The Hall–Kier alpha value is -1.85. The lowest BCUT2D eigenvalue weighted by atomic mass is 9.72. The Morgan fingerprint density at radius 3 is 2.00 bits per heavy atom. The lowest BCUT2D eigenvalue weighted by Crippen LogP contribution is -2.40. The van der Waals surface area contributed by atoms with Crippen LogP contribution in [0.5, 0.6) is 0 Å². The van der Waals surface area contributed by atoms with E-state index in [0.717, 1.165) is 0 Å². The summed E-state index contributed by atoms with van der Waals surface area (Å²) < 4.78 is 12.0. The van der Waals surface area contributed by atoms with Crippen molar-refractivity contribution in [3.63, 3.8) is 0 Å². The molecule has 1 heterocycles. The van der Waals surface area contributed by atoms with E-state index < -0.39 is 23.8 Å². The minimum Gasteiger partial charge on any atom is -0.465 e. The van der Waals surface area contributed by atoms with Crippen LogP contribution >= 0.6 is 0 Å². The van der Waals surface area contributed by atoms with Crippen molar-refractivity contribution in [1.29, 1.82) is 0 Å². The molecule has 6 heteroatoms. The largest absolute Gasteiger partial charge is 0.465 e. The van der Waals surface area contributed by atoms with E-state index in [4.69, 9.17) is 9.47 Å². The number of imidazole rings is 1. The molecule has 0 saturated carbocycles. The van der Waals surface area contributed by atoms with Gasteiger partial charge in [0, 0.05) is 25.4 Å². The second-order valence-corrected chi connectivity index (χ2v) is 6.22. The fourth-order valence-electron chi connectivity index (χ4n) is 2.55. The van der Waals surface area contributed by atoms with Crippen LogP contribution in [0.15, 0.2) is 12.4 Å². The highest BCUT2D eigenvalue weighted by Gasteiger charge is 2.46. The van der Waals surface area contributed by atoms with Gasteiger partial charge in [0.05, 0.1) is 13.2 Å². The summed E-state index contributed by atoms with van der Waals surface area (Å²) in [6.45, 7) is 9.77. The van der Waals surface area contributed by atoms with E-state index in [1.54, 1.807) is 26.2 Å². The molecule has 0 aromatic carbocycles. The van der Waals surface area contributed by atoms with Crippen LogP contribution in [0, 0.1) is 11.3 Å². The second-order valence-electron chi connectivity index (χ2n) is 6.22. The van der Waals surface area contributed by atoms with Gasteiger partial charge >= 0.3 is 11.9 Å². The first kappa shape index (κ1) is 18.2. The summed E-state index contributed by atoms with van der Waals surface area (Å²) in [5.74, 6) is -1.93. The molecule has 1 aromatic rings. The number of aryl methyl sites for hydroxylation is 1. The van der Waals surface area contributed by atoms with Gasteiger partial charge in [0.15, 0.2) is 5.92 Å². The zero-order valence-corrected chi connectivity index (χ0v) is 14.3. The molecule has 1 aromatic heterocycles. The Kier molecular flexibility index (Phi) is 6.14. The van der Waals surface area contributed by atoms with Gasteiger partial charge in [-0.3, -0.25) is 9.59 Å². The Bertz CT molecular complexity index is 498. The first-order valence-corrected chi connectivity index (χ1v) is 7.54. The maximum absolute atomic E-state index is 12.4. The molecular formula is C16H26N2O4. The Balaban J connectivity index is 3.34. The number of nitrogens with zero attached hydrogens (tertiary/aromatic N) is 2. The summed E-state index contributed by atoms with van der Waals surface area (Å²) in [6, 6.07) is 0. The van der Waals surface area contributed by atoms with Crippen molar-refractivity contribution in [3.8, 4) is 0 Å². The van der Waals surface area contributed by atoms with Gasteiger partial charge in [-0.15, -0.1) is 0 Å². The third-order valence-electron chi connectivity index (χ3n) is 3.48. The van der Waals surface area contributed by atoms with E-state index in [1.807, 2.05) is 32.4 Å². The van der Waals surface area contributed by atoms with E-state index in [9.17, 15) is 9.59 Å². The van der Waals surface area contributed by atoms with E-state index in [1.165, 1.54) is 0 Å². The van der Waals surface area contributed by atoms with E-state index >= 15 is 0 Å². The normalized spacial score (nSPS) is 13.0. The number of rotatable bonds is 6. The number of aromatic nitrogens is 2. The molecule has 0 bridgehead atoms. The first-order valence-electron chi connectivity index (χ1n) is 7.54. The smallest absolute Gasteiger partial charge is 0.321 e. The Labute approximate surface area is 131 Å². The van der Waals surface area contributed by atoms with Crippen molar-refractivity contribution in [3.05, 3.63) is 18.2 Å². The Morgan fingerprint density at radius 1 is 1.18 bits per heavy atom. The van der Waals surface area contributed by atoms with Gasteiger partial charge in [0.2, 0.25) is 0 Å². The second kappa shape index (κ2) is 7.42. The average Bonchev–Trinajstić information content (AvgIpc) is 2.80. The van der Waals surface area contributed by atoms with Crippen molar-refractivity contribution < 1.29 is 19.1 Å². The van der Waals surface area contributed by atoms with E-state index in [-0.39, 0.29) is 18.6 Å². The van der Waals surface area contributed by atoms with Crippen molar-refractivity contribution in [2.75, 3.05) is 13.2 Å². The molecule has 0 fully saturated rings. The van der Waals surface area contributed by atoms with Crippen LogP contribution in [0.4, 0.5) is 0 Å². The van der Waals surface area contributed by atoms with Gasteiger partial charge in [-0.05, 0) is 19.3 Å². The van der Waals surface area contributed by atoms with E-state index in [0.29, 0.717) is 5.82 Å². The molecule has 0 N–H and O–H groups in total. The molecule has 1 rings (SSSR count). The first-order chi connectivity index (χ1) is 10.2. The molecule has 0 aliphatic heterocycles. The summed E-state index contributed by atoms with van der Waals surface area (Å²) in [5.41, 5.74) is -0.372. The number of hydrogen-bond acceptors (Lipinski definition) is 5. The quantitative estimate of drug-likeness (QED) is 0.595. The van der Waals surface area contributed by atoms with Gasteiger partial charge in [-0.1, -0.05) is 20.8 Å². The van der Waals surface area contributed by atoms with Crippen LogP contribution in [-0.4, -0.2) is 34.7 Å². The number of esters is 2. The lowest BCUT2D eigenvalue weighted by molar-refractivity contribution is -0.164. The highest BCUT2D eigenvalue weighted by molar-refractivity contribution is 5.96. The molecule has 0 aliphatic carbocycles. The van der Waals surface area contributed by atoms with Crippen LogP contribution in [0.1, 0.15) is 46.4 Å². The van der Waals surface area contributed by atoms with Crippen LogP contribution in [0.25, 0.3) is 0 Å². The van der Waals surface area contributed by atoms with Gasteiger partial charge < -0.3 is 14.0 Å². The average molecular weight is 310 g/mol. The zero-order chi connectivity index (χ0) is 16.9. The van der Waals surface area contributed by atoms with Crippen LogP contribution < -0.4 is 0 Å². The lowest BCUT2D eigenvalue weighted by Gasteiger charge is -2.34. The third kappa shape index (κ3) is 4.08. The van der Waals surface area contributed by atoms with Crippen molar-refractivity contribution in [2.24, 2.45) is 18.4 Å². The SMILES string of the molecule is CCOC(=O)C(C(=O)OCC)C(c1nccn1C)C(C)(C)C. The molecule has 1 atom stereocenters. The summed E-state index contributed by atoms with van der Waals surface area (Å²) in [5, 5.41) is 0. The fourth-order valence-corrected chi connectivity index (χ4v) is 2.55. The molecule has 0 aliphatic rings. The van der Waals surface area contributed by atoms with Crippen molar-refractivity contribution in [1.82, 2.24) is 9.55 Å². The predicted octanol–water partition coefficient (Wildman–Crippen LogP) is 2.29. The summed E-state index contributed by atoms with van der Waals surface area (Å²) >= 11 is 0. The molecule has 0 saturated heterocycles. The maximum atomic E-state index is 12.4. The monoisotopic (exact) mass is 310 g/mol. The van der Waals surface area contributed by atoms with Gasteiger partial charge in [0.25, 0.3) is 0 Å². The molecule has 124 valence electrons. The topological polar surface area (TPSA) is 70.4 Å². The number of ether oxygens (including phenoxy) is 2. The standard InChI is InChI=1S/C16H26N2O4/c1-7-21-14(19)11(15(20)22-8-2)12(16(3,4)5)13-17-9-10-18(13)6/h9-12H,7-8H2,1-6H3. The molecule has 0 radical (unpaired) electrons. The van der Waals surface area contributed by atoms with E-state index in [2.05, 4.69) is 4.98 Å². The predicted molar refractivity (Wildman–Crippen MR) is 82.2 cm³/mol. The summed E-state index contributed by atoms with van der Waals surface area (Å²) in [7, 11) is 1.84. The molecule has 0 amide bonds. The number of carbonyl (C=O) groups is 2.